The first-order valence-corrected chi connectivity index (χ1v) is 16.2. The highest BCUT2D eigenvalue weighted by Crippen LogP contribution is 2.40. The average Bonchev–Trinajstić information content (AvgIpc) is 3.22. The van der Waals surface area contributed by atoms with Gasteiger partial charge in [0.1, 0.15) is 5.69 Å². The summed E-state index contributed by atoms with van der Waals surface area (Å²) in [4.78, 5) is 20.2. The van der Waals surface area contributed by atoms with Gasteiger partial charge in [0.25, 0.3) is 0 Å². The molecular formula is C27H38N6O5S2. The first-order chi connectivity index (χ1) is 18.9. The number of thiophene rings is 1. The van der Waals surface area contributed by atoms with E-state index in [4.69, 9.17) is 19.4 Å². The summed E-state index contributed by atoms with van der Waals surface area (Å²) in [6.07, 6.45) is 4.67. The highest BCUT2D eigenvalue weighted by Gasteiger charge is 2.31. The van der Waals surface area contributed by atoms with Crippen LogP contribution in [0.15, 0.2) is 12.3 Å². The molecule has 5 rings (SSSR count). The van der Waals surface area contributed by atoms with E-state index in [9.17, 15) is 13.5 Å². The van der Waals surface area contributed by atoms with Crippen molar-refractivity contribution in [3.05, 3.63) is 22.7 Å². The number of likely N-dealkylation sites (tertiary alicyclic amines) is 1. The second kappa shape index (κ2) is 11.4. The molecule has 5 heterocycles. The van der Waals surface area contributed by atoms with Gasteiger partial charge in [-0.15, -0.1) is 11.3 Å². The maximum absolute atomic E-state index is 12.0. The second-order valence-corrected chi connectivity index (χ2v) is 14.1. The highest BCUT2D eigenvalue weighted by molar-refractivity contribution is 7.92. The van der Waals surface area contributed by atoms with Crippen molar-refractivity contribution in [1.82, 2.24) is 19.9 Å². The minimum atomic E-state index is -3.55. The van der Waals surface area contributed by atoms with E-state index in [-0.39, 0.29) is 11.6 Å². The van der Waals surface area contributed by atoms with Crippen LogP contribution in [0.5, 0.6) is 5.88 Å². The maximum atomic E-state index is 12.0. The van der Waals surface area contributed by atoms with Crippen molar-refractivity contribution >= 4 is 43.2 Å². The van der Waals surface area contributed by atoms with Crippen molar-refractivity contribution in [2.24, 2.45) is 5.92 Å². The summed E-state index contributed by atoms with van der Waals surface area (Å²) in [6.45, 7) is 11.1. The number of aliphatic hydroxyl groups is 1. The number of aryl methyl sites for hydroxylation is 1. The predicted octanol–water partition coefficient (Wildman–Crippen LogP) is 3.26. The van der Waals surface area contributed by atoms with Crippen LogP contribution in [0.2, 0.25) is 0 Å². The van der Waals surface area contributed by atoms with Gasteiger partial charge >= 0.3 is 0 Å². The summed E-state index contributed by atoms with van der Waals surface area (Å²) in [5.74, 6) is 1.10. The molecule has 0 amide bonds. The second-order valence-electron chi connectivity index (χ2n) is 11.1. The molecule has 40 heavy (non-hydrogen) atoms. The Labute approximate surface area is 239 Å². The molecule has 0 saturated carbocycles. The van der Waals surface area contributed by atoms with Gasteiger partial charge in [0.05, 0.1) is 48.1 Å². The van der Waals surface area contributed by atoms with Gasteiger partial charge in [-0.1, -0.05) is 0 Å². The molecule has 3 aromatic rings. The number of aromatic nitrogens is 3. The lowest BCUT2D eigenvalue weighted by Gasteiger charge is -2.37. The van der Waals surface area contributed by atoms with E-state index in [1.165, 1.54) is 17.6 Å². The Hall–Kier alpha value is -2.58. The Morgan fingerprint density at radius 3 is 2.52 bits per heavy atom. The summed E-state index contributed by atoms with van der Waals surface area (Å²) in [7, 11) is -2.10. The quantitative estimate of drug-likeness (QED) is 0.403. The molecule has 218 valence electrons. The lowest BCUT2D eigenvalue weighted by Crippen LogP contribution is -2.41. The summed E-state index contributed by atoms with van der Waals surface area (Å²) in [6, 6.07) is 1.72. The molecular weight excluding hydrogens is 552 g/mol. The number of nitrogens with one attached hydrogen (secondary N) is 1. The van der Waals surface area contributed by atoms with Gasteiger partial charge in [-0.25, -0.2) is 23.4 Å². The minimum absolute atomic E-state index is 0.186. The van der Waals surface area contributed by atoms with Gasteiger partial charge in [0.2, 0.25) is 21.9 Å². The summed E-state index contributed by atoms with van der Waals surface area (Å²) < 4.78 is 38.4. The van der Waals surface area contributed by atoms with Crippen LogP contribution in [-0.2, 0) is 21.3 Å². The maximum Gasteiger partial charge on any atom is 0.238 e. The number of ether oxygens (including phenoxy) is 2. The zero-order valence-electron chi connectivity index (χ0n) is 23.7. The van der Waals surface area contributed by atoms with Crippen LogP contribution in [-0.4, -0.2) is 91.7 Å². The summed E-state index contributed by atoms with van der Waals surface area (Å²) >= 11 is 1.65. The molecule has 2 aliphatic rings. The number of hydrogen-bond donors (Lipinski definition) is 2. The number of nitrogens with zero attached hydrogens (tertiary/aromatic N) is 5. The number of hydrogen-bond acceptors (Lipinski definition) is 11. The highest BCUT2D eigenvalue weighted by atomic mass is 32.2. The van der Waals surface area contributed by atoms with Crippen molar-refractivity contribution in [3.63, 3.8) is 0 Å². The van der Waals surface area contributed by atoms with Crippen LogP contribution >= 0.6 is 11.3 Å². The fourth-order valence-electron chi connectivity index (χ4n) is 5.45. The summed E-state index contributed by atoms with van der Waals surface area (Å²) in [5.41, 5.74) is 3.06. The van der Waals surface area contributed by atoms with E-state index in [0.29, 0.717) is 49.4 Å². The number of anilines is 2. The van der Waals surface area contributed by atoms with Gasteiger partial charge in [-0.2, -0.15) is 0 Å². The molecule has 3 aromatic heterocycles. The molecule has 2 N–H and O–H groups in total. The van der Waals surface area contributed by atoms with Crippen LogP contribution in [0.1, 0.15) is 37.1 Å². The topological polar surface area (TPSA) is 130 Å². The molecule has 13 heteroatoms. The van der Waals surface area contributed by atoms with Gasteiger partial charge in [0.15, 0.2) is 0 Å². The zero-order chi connectivity index (χ0) is 28.7. The third kappa shape index (κ3) is 6.33. The lowest BCUT2D eigenvalue weighted by molar-refractivity contribution is -0.0135. The van der Waals surface area contributed by atoms with Gasteiger partial charge < -0.3 is 19.5 Å². The number of rotatable bonds is 8. The van der Waals surface area contributed by atoms with E-state index < -0.39 is 15.6 Å². The smallest absolute Gasteiger partial charge is 0.238 e. The van der Waals surface area contributed by atoms with E-state index in [2.05, 4.69) is 26.4 Å². The minimum Gasteiger partial charge on any atom is -0.480 e. The predicted molar refractivity (Wildman–Crippen MR) is 158 cm³/mol. The fourth-order valence-corrected chi connectivity index (χ4v) is 7.11. The average molecular weight is 591 g/mol. The normalized spacial score (nSPS) is 17.9. The van der Waals surface area contributed by atoms with E-state index in [0.717, 1.165) is 48.9 Å². The number of piperidine rings is 1. The first kappa shape index (κ1) is 28.9. The van der Waals surface area contributed by atoms with E-state index in [1.54, 1.807) is 23.6 Å². The van der Waals surface area contributed by atoms with Crippen LogP contribution in [0.3, 0.4) is 0 Å². The first-order valence-electron chi connectivity index (χ1n) is 13.5. The number of fused-ring (bicyclic) bond motifs is 1. The standard InChI is InChI=1S/C27H38N6O5S2/c1-17-20(16-32-8-6-19(7-9-32)27(2,3)34)23-24(39-17)22(29-26(30-23)33-10-12-38-13-11-33)18-14-21(31-40(5,35)36)25(37-4)28-15-18/h14-15,19,31,34H,6-13,16H2,1-5H3. The Morgan fingerprint density at radius 1 is 1.20 bits per heavy atom. The number of methoxy groups -OCH3 is 1. The van der Waals surface area contributed by atoms with Crippen molar-refractivity contribution in [3.8, 4) is 17.1 Å². The Balaban J connectivity index is 1.57. The fraction of sp³-hybridized carbons (Fsp3) is 0.593. The number of sulfonamides is 1. The molecule has 2 saturated heterocycles. The van der Waals surface area contributed by atoms with Crippen molar-refractivity contribution in [2.75, 3.05) is 62.4 Å². The van der Waals surface area contributed by atoms with Crippen molar-refractivity contribution < 1.29 is 23.0 Å². The van der Waals surface area contributed by atoms with E-state index >= 15 is 0 Å². The monoisotopic (exact) mass is 590 g/mol. The molecule has 0 unspecified atom stereocenters. The third-order valence-corrected chi connectivity index (χ3v) is 9.43. The number of morpholine rings is 1. The molecule has 0 aromatic carbocycles. The van der Waals surface area contributed by atoms with Gasteiger partial charge in [-0.3, -0.25) is 9.62 Å². The zero-order valence-corrected chi connectivity index (χ0v) is 25.4. The molecule has 0 atom stereocenters. The molecule has 0 aliphatic carbocycles. The molecule has 2 fully saturated rings. The summed E-state index contributed by atoms with van der Waals surface area (Å²) in [5, 5.41) is 10.5. The molecule has 0 spiro atoms. The largest absolute Gasteiger partial charge is 0.480 e. The van der Waals surface area contributed by atoms with Crippen LogP contribution in [0, 0.1) is 12.8 Å². The Kier molecular flexibility index (Phi) is 8.22. The van der Waals surface area contributed by atoms with E-state index in [1.807, 2.05) is 13.8 Å². The van der Waals surface area contributed by atoms with Crippen molar-refractivity contribution in [2.45, 2.75) is 45.8 Å². The SMILES string of the molecule is COc1ncc(-c2nc(N3CCOCC3)nc3c(CN4CCC(C(C)(C)O)CC4)c(C)sc23)cc1NS(C)(=O)=O. The van der Waals surface area contributed by atoms with Gasteiger partial charge in [0, 0.05) is 41.8 Å². The van der Waals surface area contributed by atoms with Gasteiger partial charge in [-0.05, 0) is 58.7 Å². The number of pyridine rings is 1. The lowest BCUT2D eigenvalue weighted by atomic mass is 9.83. The molecule has 0 bridgehead atoms. The van der Waals surface area contributed by atoms with Crippen LogP contribution < -0.4 is 14.4 Å². The Morgan fingerprint density at radius 2 is 1.90 bits per heavy atom. The van der Waals surface area contributed by atoms with Crippen LogP contribution in [0.4, 0.5) is 11.6 Å². The van der Waals surface area contributed by atoms with Crippen molar-refractivity contribution in [1.29, 1.82) is 0 Å². The van der Waals surface area contributed by atoms with Crippen LogP contribution in [0.25, 0.3) is 21.5 Å². The third-order valence-electron chi connectivity index (χ3n) is 7.70. The molecule has 2 aliphatic heterocycles. The Bertz CT molecular complexity index is 1470. The molecule has 11 nitrogen and oxygen atoms in total. The molecule has 0 radical (unpaired) electrons.